The Morgan fingerprint density at radius 1 is 1.08 bits per heavy atom. The van der Waals surface area contributed by atoms with E-state index in [4.69, 9.17) is 9.47 Å². The van der Waals surface area contributed by atoms with Crippen molar-refractivity contribution in [1.82, 2.24) is 14.8 Å². The molecule has 0 aromatic carbocycles. The molecule has 2 unspecified atom stereocenters. The first kappa shape index (κ1) is 16.3. The summed E-state index contributed by atoms with van der Waals surface area (Å²) in [4.78, 5) is 2.40. The number of hydrogen-bond donors (Lipinski definition) is 0. The van der Waals surface area contributed by atoms with Crippen LogP contribution < -0.4 is 4.90 Å². The summed E-state index contributed by atoms with van der Waals surface area (Å²) in [6, 6.07) is 0. The van der Waals surface area contributed by atoms with E-state index in [-0.39, 0.29) is 6.10 Å². The van der Waals surface area contributed by atoms with Crippen LogP contribution in [0.1, 0.15) is 57.7 Å². The van der Waals surface area contributed by atoms with Gasteiger partial charge in [-0.05, 0) is 44.9 Å². The van der Waals surface area contributed by atoms with Crippen LogP contribution in [0.2, 0.25) is 0 Å². The summed E-state index contributed by atoms with van der Waals surface area (Å²) >= 11 is 0. The van der Waals surface area contributed by atoms with E-state index in [1.807, 2.05) is 0 Å². The maximum Gasteiger partial charge on any atom is 0.227 e. The summed E-state index contributed by atoms with van der Waals surface area (Å²) in [6.07, 6.45) is 6.43. The highest BCUT2D eigenvalue weighted by molar-refractivity contribution is 5.34. The molecule has 24 heavy (non-hydrogen) atoms. The minimum absolute atomic E-state index is 0.251. The standard InChI is InChI=1S/C18H30N4O2/c1-3-16-12-21(10-13(2)24-16)18-20-19-17(15-4-5-15)22(18)11-14-6-8-23-9-7-14/h13-16H,3-12H2,1-2H3. The Hall–Kier alpha value is -1.14. The van der Waals surface area contributed by atoms with Crippen molar-refractivity contribution in [2.24, 2.45) is 5.92 Å². The van der Waals surface area contributed by atoms with E-state index in [1.165, 1.54) is 18.7 Å². The Bertz CT molecular complexity index is 551. The number of aromatic nitrogens is 3. The van der Waals surface area contributed by atoms with Gasteiger partial charge in [0, 0.05) is 38.8 Å². The lowest BCUT2D eigenvalue weighted by atomic mass is 10.0. The van der Waals surface area contributed by atoms with Gasteiger partial charge in [0.15, 0.2) is 0 Å². The molecule has 0 radical (unpaired) electrons. The number of hydrogen-bond acceptors (Lipinski definition) is 5. The normalized spacial score (nSPS) is 29.2. The predicted octanol–water partition coefficient (Wildman–Crippen LogP) is 2.59. The van der Waals surface area contributed by atoms with Crippen molar-refractivity contribution in [2.75, 3.05) is 31.2 Å². The highest BCUT2D eigenvalue weighted by Gasteiger charge is 2.34. The molecule has 1 aliphatic carbocycles. The zero-order valence-corrected chi connectivity index (χ0v) is 15.0. The van der Waals surface area contributed by atoms with Crippen LogP contribution >= 0.6 is 0 Å². The lowest BCUT2D eigenvalue weighted by Crippen LogP contribution is -2.47. The molecule has 3 heterocycles. The Balaban J connectivity index is 1.57. The highest BCUT2D eigenvalue weighted by atomic mass is 16.5. The van der Waals surface area contributed by atoms with Gasteiger partial charge in [-0.3, -0.25) is 4.57 Å². The quantitative estimate of drug-likeness (QED) is 0.828. The summed E-state index contributed by atoms with van der Waals surface area (Å²) in [7, 11) is 0. The van der Waals surface area contributed by atoms with Crippen LogP contribution in [0.15, 0.2) is 0 Å². The average Bonchev–Trinajstić information content (AvgIpc) is 3.36. The largest absolute Gasteiger partial charge is 0.381 e. The molecule has 2 aliphatic heterocycles. The lowest BCUT2D eigenvalue weighted by molar-refractivity contribution is -0.0179. The van der Waals surface area contributed by atoms with Crippen molar-refractivity contribution >= 4 is 5.95 Å². The summed E-state index contributed by atoms with van der Waals surface area (Å²) in [6.45, 7) is 9.03. The third-order valence-corrected chi connectivity index (χ3v) is 5.55. The number of ether oxygens (including phenoxy) is 2. The van der Waals surface area contributed by atoms with Crippen molar-refractivity contribution in [2.45, 2.75) is 70.6 Å². The fourth-order valence-electron chi connectivity index (χ4n) is 3.98. The van der Waals surface area contributed by atoms with Gasteiger partial charge in [-0.15, -0.1) is 10.2 Å². The fourth-order valence-corrected chi connectivity index (χ4v) is 3.98. The van der Waals surface area contributed by atoms with Crippen LogP contribution in [0.25, 0.3) is 0 Å². The molecule has 6 nitrogen and oxygen atoms in total. The number of rotatable bonds is 5. The van der Waals surface area contributed by atoms with Gasteiger partial charge in [0.2, 0.25) is 5.95 Å². The molecule has 6 heteroatoms. The van der Waals surface area contributed by atoms with E-state index < -0.39 is 0 Å². The van der Waals surface area contributed by atoms with Crippen molar-refractivity contribution in [3.63, 3.8) is 0 Å². The first-order chi connectivity index (χ1) is 11.7. The molecule has 0 bridgehead atoms. The molecule has 0 spiro atoms. The van der Waals surface area contributed by atoms with Gasteiger partial charge in [-0.2, -0.15) is 0 Å². The van der Waals surface area contributed by atoms with Crippen molar-refractivity contribution in [3.8, 4) is 0 Å². The zero-order chi connectivity index (χ0) is 16.5. The molecule has 3 aliphatic rings. The van der Waals surface area contributed by atoms with Crippen LogP contribution in [-0.2, 0) is 16.0 Å². The fraction of sp³-hybridized carbons (Fsp3) is 0.889. The Morgan fingerprint density at radius 3 is 2.58 bits per heavy atom. The molecule has 0 amide bonds. The molecule has 2 saturated heterocycles. The maximum absolute atomic E-state index is 6.03. The van der Waals surface area contributed by atoms with E-state index in [0.717, 1.165) is 58.1 Å². The molecule has 1 saturated carbocycles. The second kappa shape index (κ2) is 7.00. The number of anilines is 1. The minimum atomic E-state index is 0.251. The summed E-state index contributed by atoms with van der Waals surface area (Å²) < 4.78 is 14.0. The number of nitrogens with zero attached hydrogens (tertiary/aromatic N) is 4. The van der Waals surface area contributed by atoms with Crippen molar-refractivity contribution < 1.29 is 9.47 Å². The molecule has 0 N–H and O–H groups in total. The van der Waals surface area contributed by atoms with Gasteiger partial charge in [0.05, 0.1) is 12.2 Å². The third kappa shape index (κ3) is 3.45. The highest BCUT2D eigenvalue weighted by Crippen LogP contribution is 2.40. The molecule has 134 valence electrons. The van der Waals surface area contributed by atoms with Crippen LogP contribution in [0, 0.1) is 5.92 Å². The van der Waals surface area contributed by atoms with E-state index in [2.05, 4.69) is 33.5 Å². The molecule has 4 rings (SSSR count). The van der Waals surface area contributed by atoms with E-state index in [0.29, 0.717) is 17.9 Å². The monoisotopic (exact) mass is 334 g/mol. The summed E-state index contributed by atoms with van der Waals surface area (Å²) in [5.74, 6) is 3.60. The molecule has 2 atom stereocenters. The molecular weight excluding hydrogens is 304 g/mol. The first-order valence-corrected chi connectivity index (χ1v) is 9.65. The summed E-state index contributed by atoms with van der Waals surface area (Å²) in [5, 5.41) is 9.22. The van der Waals surface area contributed by atoms with Crippen LogP contribution in [-0.4, -0.2) is 53.3 Å². The Kier molecular flexibility index (Phi) is 4.77. The van der Waals surface area contributed by atoms with Gasteiger partial charge in [-0.25, -0.2) is 0 Å². The molecular formula is C18H30N4O2. The molecule has 3 fully saturated rings. The first-order valence-electron chi connectivity index (χ1n) is 9.65. The smallest absolute Gasteiger partial charge is 0.227 e. The van der Waals surface area contributed by atoms with E-state index in [9.17, 15) is 0 Å². The predicted molar refractivity (Wildman–Crippen MR) is 92.4 cm³/mol. The van der Waals surface area contributed by atoms with Gasteiger partial charge < -0.3 is 14.4 Å². The van der Waals surface area contributed by atoms with Gasteiger partial charge in [-0.1, -0.05) is 6.92 Å². The Labute approximate surface area is 144 Å². The van der Waals surface area contributed by atoms with Gasteiger partial charge in [0.1, 0.15) is 5.82 Å². The van der Waals surface area contributed by atoms with Crippen molar-refractivity contribution in [1.29, 1.82) is 0 Å². The second-order valence-corrected chi connectivity index (χ2v) is 7.68. The Morgan fingerprint density at radius 2 is 1.88 bits per heavy atom. The zero-order valence-electron chi connectivity index (χ0n) is 15.0. The molecule has 1 aromatic rings. The molecule has 1 aromatic heterocycles. The van der Waals surface area contributed by atoms with E-state index in [1.54, 1.807) is 0 Å². The van der Waals surface area contributed by atoms with Crippen LogP contribution in [0.3, 0.4) is 0 Å². The summed E-state index contributed by atoms with van der Waals surface area (Å²) in [5.41, 5.74) is 0. The lowest BCUT2D eigenvalue weighted by Gasteiger charge is -2.37. The maximum atomic E-state index is 6.03. The van der Waals surface area contributed by atoms with Crippen LogP contribution in [0.4, 0.5) is 5.95 Å². The van der Waals surface area contributed by atoms with Crippen molar-refractivity contribution in [3.05, 3.63) is 5.82 Å². The van der Waals surface area contributed by atoms with Gasteiger partial charge in [0.25, 0.3) is 0 Å². The number of morpholine rings is 1. The van der Waals surface area contributed by atoms with E-state index >= 15 is 0 Å². The average molecular weight is 334 g/mol. The third-order valence-electron chi connectivity index (χ3n) is 5.55. The van der Waals surface area contributed by atoms with Crippen LogP contribution in [0.5, 0.6) is 0 Å². The second-order valence-electron chi connectivity index (χ2n) is 7.68. The SMILES string of the molecule is CCC1CN(c2nnc(C3CC3)n2CC2CCOCC2)CC(C)O1. The van der Waals surface area contributed by atoms with Gasteiger partial charge >= 0.3 is 0 Å². The minimum Gasteiger partial charge on any atom is -0.381 e. The topological polar surface area (TPSA) is 52.4 Å².